The summed E-state index contributed by atoms with van der Waals surface area (Å²) < 4.78 is 18.9. The van der Waals surface area contributed by atoms with Crippen molar-refractivity contribution in [3.05, 3.63) is 35.6 Å². The molecule has 10 heteroatoms. The summed E-state index contributed by atoms with van der Waals surface area (Å²) in [7, 11) is 1.69. The Morgan fingerprint density at radius 1 is 1.17 bits per heavy atom. The van der Waals surface area contributed by atoms with Gasteiger partial charge in [-0.1, -0.05) is 39.3 Å². The zero-order valence-corrected chi connectivity index (χ0v) is 21.2. The Kier molecular flexibility index (Phi) is 9.45. The zero-order valence-electron chi connectivity index (χ0n) is 21.2. The van der Waals surface area contributed by atoms with E-state index < -0.39 is 12.2 Å². The van der Waals surface area contributed by atoms with E-state index in [0.29, 0.717) is 26.2 Å². The zero-order chi connectivity index (χ0) is 25.5. The molecule has 4 amide bonds. The lowest BCUT2D eigenvalue weighted by Gasteiger charge is -2.55. The van der Waals surface area contributed by atoms with E-state index in [9.17, 15) is 18.8 Å². The minimum absolute atomic E-state index is 0.00222. The van der Waals surface area contributed by atoms with Crippen LogP contribution in [0.25, 0.3) is 0 Å². The maximum atomic E-state index is 13.4. The van der Waals surface area contributed by atoms with Gasteiger partial charge in [0.25, 0.3) is 0 Å². The first-order valence-electron chi connectivity index (χ1n) is 12.4. The number of piperazine rings is 1. The number of nitrogens with zero attached hydrogens (tertiary/aromatic N) is 4. The minimum Gasteiger partial charge on any atom is -0.381 e. The number of unbranched alkanes of at least 4 members (excludes halogenated alkanes) is 1. The van der Waals surface area contributed by atoms with Gasteiger partial charge in [0.05, 0.1) is 13.1 Å². The van der Waals surface area contributed by atoms with Gasteiger partial charge < -0.3 is 19.9 Å². The van der Waals surface area contributed by atoms with Crippen LogP contribution in [0.3, 0.4) is 0 Å². The van der Waals surface area contributed by atoms with Crippen LogP contribution in [-0.4, -0.2) is 89.8 Å². The molecule has 194 valence electrons. The second kappa shape index (κ2) is 12.3. The van der Waals surface area contributed by atoms with Gasteiger partial charge in [-0.2, -0.15) is 0 Å². The van der Waals surface area contributed by atoms with Gasteiger partial charge in [0, 0.05) is 33.4 Å². The number of rotatable bonds is 10. The Morgan fingerprint density at radius 3 is 2.51 bits per heavy atom. The number of urea groups is 1. The van der Waals surface area contributed by atoms with Crippen molar-refractivity contribution in [3.63, 3.8) is 0 Å². The van der Waals surface area contributed by atoms with E-state index in [1.165, 1.54) is 17.1 Å². The van der Waals surface area contributed by atoms with Gasteiger partial charge in [0.2, 0.25) is 11.8 Å². The molecule has 3 rings (SSSR count). The molecule has 1 aromatic rings. The number of hydrogen-bond donors (Lipinski definition) is 1. The fourth-order valence-corrected chi connectivity index (χ4v) is 4.63. The molecule has 2 atom stereocenters. The van der Waals surface area contributed by atoms with Crippen LogP contribution < -0.4 is 5.32 Å². The van der Waals surface area contributed by atoms with Crippen molar-refractivity contribution in [2.45, 2.75) is 58.8 Å². The number of benzene rings is 1. The number of likely N-dealkylation sites (N-methyl/N-ethyl adjacent to an activating group) is 1. The average Bonchev–Trinajstić information content (AvgIpc) is 2.81. The van der Waals surface area contributed by atoms with E-state index in [1.54, 1.807) is 34.0 Å². The van der Waals surface area contributed by atoms with E-state index >= 15 is 0 Å². The monoisotopic (exact) mass is 491 g/mol. The first kappa shape index (κ1) is 26.9. The number of carbonyl (C=O) groups excluding carboxylic acids is 3. The molecule has 2 heterocycles. The van der Waals surface area contributed by atoms with Gasteiger partial charge in [-0.15, -0.1) is 0 Å². The number of hydrazine groups is 1. The third-order valence-electron chi connectivity index (χ3n) is 6.43. The molecule has 9 nitrogen and oxygen atoms in total. The molecule has 0 bridgehead atoms. The normalized spacial score (nSPS) is 21.0. The first-order valence-corrected chi connectivity index (χ1v) is 12.4. The standard InChI is InChI=1S/C25H38FN5O4/c1-5-6-13-35-14-7-12-29-16-21-30(23(18(2)3)24(29)33)22(32)17-28(4)31(21)25(34)27-15-19-8-10-20(26)11-9-19/h8-11,18,21,23H,5-7,12-17H2,1-4H3,(H,27,34)/t21-,23-/m0/s1. The maximum Gasteiger partial charge on any atom is 0.334 e. The van der Waals surface area contributed by atoms with E-state index in [-0.39, 0.29) is 49.2 Å². The lowest BCUT2D eigenvalue weighted by molar-refractivity contribution is -0.190. The average molecular weight is 492 g/mol. The SMILES string of the molecule is CCCCOCCCN1C[C@H]2N(C(=O)CN(C)N2C(=O)NCc2ccc(F)cc2)[C@@H](C(C)C)C1=O. The summed E-state index contributed by atoms with van der Waals surface area (Å²) in [5.41, 5.74) is 0.760. The van der Waals surface area contributed by atoms with Crippen molar-refractivity contribution in [3.8, 4) is 0 Å². The van der Waals surface area contributed by atoms with Crippen molar-refractivity contribution >= 4 is 17.8 Å². The summed E-state index contributed by atoms with van der Waals surface area (Å²) in [5, 5.41) is 6.00. The van der Waals surface area contributed by atoms with Crippen LogP contribution in [-0.2, 0) is 20.9 Å². The van der Waals surface area contributed by atoms with Gasteiger partial charge in [-0.05, 0) is 36.5 Å². The Labute approximate surface area is 207 Å². The Bertz CT molecular complexity index is 881. The van der Waals surface area contributed by atoms with Crippen LogP contribution in [0.5, 0.6) is 0 Å². The predicted molar refractivity (Wildman–Crippen MR) is 129 cm³/mol. The Balaban J connectivity index is 1.74. The van der Waals surface area contributed by atoms with E-state index in [1.807, 2.05) is 13.8 Å². The molecule has 0 aromatic heterocycles. The number of halogens is 1. The second-order valence-electron chi connectivity index (χ2n) is 9.52. The van der Waals surface area contributed by atoms with E-state index in [4.69, 9.17) is 4.74 Å². The molecule has 0 unspecified atom stereocenters. The topological polar surface area (TPSA) is 85.4 Å². The molecular weight excluding hydrogens is 453 g/mol. The number of ether oxygens (including phenoxy) is 1. The summed E-state index contributed by atoms with van der Waals surface area (Å²) in [6.07, 6.45) is 2.15. The van der Waals surface area contributed by atoms with Gasteiger partial charge in [-0.25, -0.2) is 19.2 Å². The molecule has 0 aliphatic carbocycles. The largest absolute Gasteiger partial charge is 0.381 e. The first-order chi connectivity index (χ1) is 16.7. The lowest BCUT2D eigenvalue weighted by atomic mass is 9.96. The molecule has 0 saturated carbocycles. The summed E-state index contributed by atoms with van der Waals surface area (Å²) in [6.45, 7) is 8.17. The van der Waals surface area contributed by atoms with Crippen molar-refractivity contribution in [2.24, 2.45) is 5.92 Å². The lowest BCUT2D eigenvalue weighted by Crippen LogP contribution is -2.76. The van der Waals surface area contributed by atoms with E-state index in [0.717, 1.165) is 18.4 Å². The smallest absolute Gasteiger partial charge is 0.334 e. The van der Waals surface area contributed by atoms with Crippen molar-refractivity contribution in [1.29, 1.82) is 0 Å². The molecule has 35 heavy (non-hydrogen) atoms. The van der Waals surface area contributed by atoms with Crippen LogP contribution in [0.4, 0.5) is 9.18 Å². The highest BCUT2D eigenvalue weighted by Crippen LogP contribution is 2.29. The second-order valence-corrected chi connectivity index (χ2v) is 9.52. The molecule has 2 saturated heterocycles. The number of carbonyl (C=O) groups is 3. The third kappa shape index (κ3) is 6.49. The fourth-order valence-electron chi connectivity index (χ4n) is 4.63. The number of nitrogens with one attached hydrogen (secondary N) is 1. The molecule has 2 fully saturated rings. The van der Waals surface area contributed by atoms with Gasteiger partial charge in [0.15, 0.2) is 0 Å². The molecule has 0 spiro atoms. The van der Waals surface area contributed by atoms with Gasteiger partial charge in [-0.3, -0.25) is 9.59 Å². The summed E-state index contributed by atoms with van der Waals surface area (Å²) in [6, 6.07) is 4.91. The summed E-state index contributed by atoms with van der Waals surface area (Å²) in [5.74, 6) is -0.707. The fraction of sp³-hybridized carbons (Fsp3) is 0.640. The highest BCUT2D eigenvalue weighted by molar-refractivity contribution is 5.91. The van der Waals surface area contributed by atoms with E-state index in [2.05, 4.69) is 12.2 Å². The molecular formula is C25H38FN5O4. The minimum atomic E-state index is -0.636. The summed E-state index contributed by atoms with van der Waals surface area (Å²) in [4.78, 5) is 43.0. The molecule has 1 aromatic carbocycles. The Hall–Kier alpha value is -2.72. The van der Waals surface area contributed by atoms with Crippen molar-refractivity contribution in [1.82, 2.24) is 25.1 Å². The summed E-state index contributed by atoms with van der Waals surface area (Å²) >= 11 is 0. The predicted octanol–water partition coefficient (Wildman–Crippen LogP) is 2.43. The number of amides is 4. The number of fused-ring (bicyclic) bond motifs is 1. The highest BCUT2D eigenvalue weighted by Gasteiger charge is 2.51. The van der Waals surface area contributed by atoms with Gasteiger partial charge in [0.1, 0.15) is 18.0 Å². The third-order valence-corrected chi connectivity index (χ3v) is 6.43. The van der Waals surface area contributed by atoms with Crippen molar-refractivity contribution < 1.29 is 23.5 Å². The molecule has 0 radical (unpaired) electrons. The molecule has 2 aliphatic heterocycles. The molecule has 1 N–H and O–H groups in total. The van der Waals surface area contributed by atoms with Crippen LogP contribution in [0.2, 0.25) is 0 Å². The van der Waals surface area contributed by atoms with Crippen LogP contribution >= 0.6 is 0 Å². The van der Waals surface area contributed by atoms with Crippen LogP contribution in [0, 0.1) is 11.7 Å². The quantitative estimate of drug-likeness (QED) is 0.508. The van der Waals surface area contributed by atoms with Gasteiger partial charge >= 0.3 is 6.03 Å². The number of hydrogen-bond acceptors (Lipinski definition) is 5. The van der Waals surface area contributed by atoms with Crippen LogP contribution in [0.1, 0.15) is 45.6 Å². The van der Waals surface area contributed by atoms with Crippen molar-refractivity contribution in [2.75, 3.05) is 39.9 Å². The van der Waals surface area contributed by atoms with Crippen LogP contribution in [0.15, 0.2) is 24.3 Å². The Morgan fingerprint density at radius 2 is 1.86 bits per heavy atom. The highest BCUT2D eigenvalue weighted by atomic mass is 19.1. The molecule has 2 aliphatic rings. The maximum absolute atomic E-state index is 13.4.